The summed E-state index contributed by atoms with van der Waals surface area (Å²) >= 11 is 0. The number of para-hydroxylation sites is 1. The Morgan fingerprint density at radius 3 is 2.74 bits per heavy atom. The minimum atomic E-state index is -0.795. The summed E-state index contributed by atoms with van der Waals surface area (Å²) < 4.78 is 5.51. The topological polar surface area (TPSA) is 53.2 Å². The van der Waals surface area contributed by atoms with Crippen molar-refractivity contribution in [1.29, 1.82) is 5.26 Å². The number of ether oxygens (including phenoxy) is 1. The number of nitriles is 1. The summed E-state index contributed by atoms with van der Waals surface area (Å²) in [5, 5.41) is 19.3. The summed E-state index contributed by atoms with van der Waals surface area (Å²) in [6, 6.07) is 16.4. The smallest absolute Gasteiger partial charge is 0.125 e. The summed E-state index contributed by atoms with van der Waals surface area (Å²) in [5.74, 6) is 0.667. The fourth-order valence-corrected chi connectivity index (χ4v) is 1.95. The first kappa shape index (κ1) is 13.1. The molecule has 0 spiro atoms. The van der Waals surface area contributed by atoms with Crippen molar-refractivity contribution in [3.05, 3.63) is 65.2 Å². The maximum Gasteiger partial charge on any atom is 0.125 e. The van der Waals surface area contributed by atoms with Crippen LogP contribution in [0.1, 0.15) is 29.7 Å². The Bertz CT molecular complexity index is 602. The largest absolute Gasteiger partial charge is 0.493 e. The molecule has 0 amide bonds. The van der Waals surface area contributed by atoms with Crippen LogP contribution in [0.5, 0.6) is 5.75 Å². The van der Waals surface area contributed by atoms with Crippen LogP contribution in [0, 0.1) is 11.3 Å². The third-order valence-corrected chi connectivity index (χ3v) is 2.84. The molecule has 0 aliphatic carbocycles. The van der Waals surface area contributed by atoms with E-state index < -0.39 is 6.10 Å². The molecule has 0 saturated carbocycles. The highest BCUT2D eigenvalue weighted by molar-refractivity contribution is 5.42. The summed E-state index contributed by atoms with van der Waals surface area (Å²) in [7, 11) is 0. The van der Waals surface area contributed by atoms with Crippen molar-refractivity contribution < 1.29 is 9.84 Å². The number of rotatable bonds is 4. The number of aliphatic hydroxyl groups is 1. The van der Waals surface area contributed by atoms with Gasteiger partial charge in [0, 0.05) is 5.56 Å². The van der Waals surface area contributed by atoms with E-state index in [-0.39, 0.29) is 0 Å². The van der Waals surface area contributed by atoms with Crippen LogP contribution in [-0.4, -0.2) is 11.7 Å². The molecule has 0 aliphatic rings. The number of benzene rings is 2. The molecule has 2 rings (SSSR count). The molecule has 19 heavy (non-hydrogen) atoms. The van der Waals surface area contributed by atoms with Gasteiger partial charge in [-0.25, -0.2) is 0 Å². The van der Waals surface area contributed by atoms with Gasteiger partial charge in [-0.05, 0) is 30.7 Å². The van der Waals surface area contributed by atoms with E-state index >= 15 is 0 Å². The van der Waals surface area contributed by atoms with Crippen molar-refractivity contribution in [3.63, 3.8) is 0 Å². The van der Waals surface area contributed by atoms with Crippen molar-refractivity contribution in [2.45, 2.75) is 13.0 Å². The van der Waals surface area contributed by atoms with Gasteiger partial charge >= 0.3 is 0 Å². The zero-order valence-corrected chi connectivity index (χ0v) is 10.7. The highest BCUT2D eigenvalue weighted by atomic mass is 16.5. The Morgan fingerprint density at radius 1 is 1.21 bits per heavy atom. The zero-order chi connectivity index (χ0) is 13.7. The second-order valence-electron chi connectivity index (χ2n) is 4.11. The second-order valence-corrected chi connectivity index (χ2v) is 4.11. The molecule has 0 aliphatic heterocycles. The van der Waals surface area contributed by atoms with Crippen LogP contribution in [-0.2, 0) is 0 Å². The monoisotopic (exact) mass is 253 g/mol. The van der Waals surface area contributed by atoms with Crippen LogP contribution in [0.3, 0.4) is 0 Å². The average molecular weight is 253 g/mol. The quantitative estimate of drug-likeness (QED) is 0.911. The molecule has 3 heteroatoms. The van der Waals surface area contributed by atoms with E-state index in [1.165, 1.54) is 0 Å². The van der Waals surface area contributed by atoms with Crippen molar-refractivity contribution in [2.24, 2.45) is 0 Å². The van der Waals surface area contributed by atoms with Gasteiger partial charge in [-0.2, -0.15) is 5.26 Å². The first-order chi connectivity index (χ1) is 9.26. The molecule has 0 aromatic heterocycles. The van der Waals surface area contributed by atoms with E-state index in [2.05, 4.69) is 6.07 Å². The Morgan fingerprint density at radius 2 is 2.00 bits per heavy atom. The lowest BCUT2D eigenvalue weighted by atomic mass is 9.99. The minimum Gasteiger partial charge on any atom is -0.493 e. The van der Waals surface area contributed by atoms with E-state index in [0.717, 1.165) is 0 Å². The molecule has 1 N–H and O–H groups in total. The first-order valence-electron chi connectivity index (χ1n) is 6.16. The summed E-state index contributed by atoms with van der Waals surface area (Å²) in [6.45, 7) is 2.45. The Kier molecular flexibility index (Phi) is 4.17. The molecule has 0 saturated heterocycles. The lowest BCUT2D eigenvalue weighted by Crippen LogP contribution is -2.04. The fraction of sp³-hybridized carbons (Fsp3) is 0.188. The SMILES string of the molecule is CCOc1ccccc1C(O)c1cccc(C#N)c1. The molecular weight excluding hydrogens is 238 g/mol. The van der Waals surface area contributed by atoms with Crippen molar-refractivity contribution in [2.75, 3.05) is 6.61 Å². The van der Waals surface area contributed by atoms with Crippen LogP contribution in [0.25, 0.3) is 0 Å². The third kappa shape index (κ3) is 2.93. The summed E-state index contributed by atoms with van der Waals surface area (Å²) in [5.41, 5.74) is 1.93. The van der Waals surface area contributed by atoms with Crippen LogP contribution in [0.2, 0.25) is 0 Å². The molecule has 1 unspecified atom stereocenters. The Labute approximate surface area is 112 Å². The van der Waals surface area contributed by atoms with Gasteiger partial charge in [0.05, 0.1) is 18.2 Å². The predicted molar refractivity (Wildman–Crippen MR) is 72.8 cm³/mol. The van der Waals surface area contributed by atoms with Gasteiger partial charge in [0.15, 0.2) is 0 Å². The molecule has 0 fully saturated rings. The van der Waals surface area contributed by atoms with Gasteiger partial charge in [-0.3, -0.25) is 0 Å². The van der Waals surface area contributed by atoms with Crippen LogP contribution in [0.15, 0.2) is 48.5 Å². The minimum absolute atomic E-state index is 0.533. The molecule has 96 valence electrons. The van der Waals surface area contributed by atoms with Gasteiger partial charge in [0.2, 0.25) is 0 Å². The van der Waals surface area contributed by atoms with Crippen molar-refractivity contribution in [3.8, 4) is 11.8 Å². The maximum atomic E-state index is 10.4. The Balaban J connectivity index is 2.38. The van der Waals surface area contributed by atoms with Crippen LogP contribution >= 0.6 is 0 Å². The lowest BCUT2D eigenvalue weighted by molar-refractivity contribution is 0.212. The van der Waals surface area contributed by atoms with Gasteiger partial charge in [-0.1, -0.05) is 30.3 Å². The third-order valence-electron chi connectivity index (χ3n) is 2.84. The van der Waals surface area contributed by atoms with Crippen molar-refractivity contribution >= 4 is 0 Å². The fourth-order valence-electron chi connectivity index (χ4n) is 1.95. The lowest BCUT2D eigenvalue weighted by Gasteiger charge is -2.16. The highest BCUT2D eigenvalue weighted by Gasteiger charge is 2.15. The number of hydrogen-bond donors (Lipinski definition) is 1. The molecule has 2 aromatic carbocycles. The predicted octanol–water partition coefficient (Wildman–Crippen LogP) is 3.04. The zero-order valence-electron chi connectivity index (χ0n) is 10.7. The maximum absolute atomic E-state index is 10.4. The molecule has 1 atom stereocenters. The molecule has 0 heterocycles. The molecule has 2 aromatic rings. The van der Waals surface area contributed by atoms with E-state index in [1.807, 2.05) is 31.2 Å². The second kappa shape index (κ2) is 6.03. The van der Waals surface area contributed by atoms with Gasteiger partial charge < -0.3 is 9.84 Å². The highest BCUT2D eigenvalue weighted by Crippen LogP contribution is 2.30. The normalized spacial score (nSPS) is 11.6. The molecule has 0 radical (unpaired) electrons. The Hall–Kier alpha value is -2.31. The summed E-state index contributed by atoms with van der Waals surface area (Å²) in [4.78, 5) is 0. The van der Waals surface area contributed by atoms with Gasteiger partial charge in [0.25, 0.3) is 0 Å². The molecular formula is C16H15NO2. The van der Waals surface area contributed by atoms with Crippen LogP contribution in [0.4, 0.5) is 0 Å². The van der Waals surface area contributed by atoms with E-state index in [4.69, 9.17) is 10.00 Å². The molecule has 0 bridgehead atoms. The number of aliphatic hydroxyl groups excluding tert-OH is 1. The van der Waals surface area contributed by atoms with Crippen LogP contribution < -0.4 is 4.74 Å². The molecule has 3 nitrogen and oxygen atoms in total. The van der Waals surface area contributed by atoms with Gasteiger partial charge in [-0.15, -0.1) is 0 Å². The number of hydrogen-bond acceptors (Lipinski definition) is 3. The van der Waals surface area contributed by atoms with E-state index in [0.29, 0.717) is 29.0 Å². The summed E-state index contributed by atoms with van der Waals surface area (Å²) in [6.07, 6.45) is -0.795. The standard InChI is InChI=1S/C16H15NO2/c1-2-19-15-9-4-3-8-14(15)16(18)13-7-5-6-12(10-13)11-17/h3-10,16,18H,2H2,1H3. The van der Waals surface area contributed by atoms with Gasteiger partial charge in [0.1, 0.15) is 11.9 Å². The average Bonchev–Trinajstić information content (AvgIpc) is 2.47. The van der Waals surface area contributed by atoms with E-state index in [1.54, 1.807) is 24.3 Å². The van der Waals surface area contributed by atoms with Crippen molar-refractivity contribution in [1.82, 2.24) is 0 Å². The number of nitrogens with zero attached hydrogens (tertiary/aromatic N) is 1. The van der Waals surface area contributed by atoms with E-state index in [9.17, 15) is 5.11 Å². The first-order valence-corrected chi connectivity index (χ1v) is 6.16.